The predicted octanol–water partition coefficient (Wildman–Crippen LogP) is 2.71. The van der Waals surface area contributed by atoms with E-state index in [2.05, 4.69) is 10.6 Å². The molecule has 0 aliphatic heterocycles. The lowest BCUT2D eigenvalue weighted by Crippen LogP contribution is -2.43. The second-order valence-corrected chi connectivity index (χ2v) is 5.11. The Morgan fingerprint density at radius 1 is 1.32 bits per heavy atom. The minimum Gasteiger partial charge on any atom is -0.480 e. The smallest absolute Gasteiger partial charge is 0.326 e. The molecular weight excluding hydrogens is 268 g/mol. The SMILES string of the molecule is O=C(Nc1ccc(Cl)cc1)N[C@H](CC1CC1)C(=O)O. The molecule has 2 amide bonds. The van der Waals surface area contributed by atoms with Crippen LogP contribution in [0.1, 0.15) is 19.3 Å². The number of carboxylic acids is 1. The van der Waals surface area contributed by atoms with Gasteiger partial charge >= 0.3 is 12.0 Å². The van der Waals surface area contributed by atoms with E-state index in [1.807, 2.05) is 0 Å². The number of amides is 2. The third-order valence-corrected chi connectivity index (χ3v) is 3.22. The van der Waals surface area contributed by atoms with Crippen molar-refractivity contribution >= 4 is 29.3 Å². The molecule has 0 saturated heterocycles. The molecule has 1 atom stereocenters. The number of nitrogens with one attached hydrogen (secondary N) is 2. The van der Waals surface area contributed by atoms with Crippen LogP contribution in [-0.4, -0.2) is 23.1 Å². The molecule has 0 heterocycles. The van der Waals surface area contributed by atoms with Gasteiger partial charge in [0.05, 0.1) is 0 Å². The monoisotopic (exact) mass is 282 g/mol. The van der Waals surface area contributed by atoms with E-state index in [0.29, 0.717) is 23.0 Å². The molecule has 6 heteroatoms. The van der Waals surface area contributed by atoms with Crippen molar-refractivity contribution in [2.45, 2.75) is 25.3 Å². The minimum absolute atomic E-state index is 0.428. The quantitative estimate of drug-likeness (QED) is 0.777. The summed E-state index contributed by atoms with van der Waals surface area (Å²) in [4.78, 5) is 22.7. The lowest BCUT2D eigenvalue weighted by atomic mass is 10.1. The molecule has 1 aromatic rings. The maximum absolute atomic E-state index is 11.7. The Hall–Kier alpha value is -1.75. The standard InChI is InChI=1S/C13H15ClN2O3/c14-9-3-5-10(6-4-9)15-13(19)16-11(12(17)18)7-8-1-2-8/h3-6,8,11H,1-2,7H2,(H,17,18)(H2,15,16,19)/t11-/m1/s1. The summed E-state index contributed by atoms with van der Waals surface area (Å²) < 4.78 is 0. The second kappa shape index (κ2) is 5.93. The topological polar surface area (TPSA) is 78.4 Å². The van der Waals surface area contributed by atoms with Crippen LogP contribution >= 0.6 is 11.6 Å². The number of halogens is 1. The van der Waals surface area contributed by atoms with Crippen LogP contribution in [-0.2, 0) is 4.79 Å². The molecule has 0 bridgehead atoms. The third kappa shape index (κ3) is 4.44. The van der Waals surface area contributed by atoms with Crippen LogP contribution in [0.5, 0.6) is 0 Å². The van der Waals surface area contributed by atoms with E-state index >= 15 is 0 Å². The van der Waals surface area contributed by atoms with Crippen LogP contribution in [0, 0.1) is 5.92 Å². The van der Waals surface area contributed by atoms with Crippen LogP contribution in [0.2, 0.25) is 5.02 Å². The molecule has 1 aliphatic carbocycles. The average Bonchev–Trinajstić information content (AvgIpc) is 3.15. The Kier molecular flexibility index (Phi) is 4.27. The van der Waals surface area contributed by atoms with Crippen molar-refractivity contribution in [1.82, 2.24) is 5.32 Å². The summed E-state index contributed by atoms with van der Waals surface area (Å²) in [7, 11) is 0. The highest BCUT2D eigenvalue weighted by atomic mass is 35.5. The van der Waals surface area contributed by atoms with Crippen molar-refractivity contribution in [1.29, 1.82) is 0 Å². The molecule has 19 heavy (non-hydrogen) atoms. The molecule has 1 aliphatic rings. The highest BCUT2D eigenvalue weighted by Crippen LogP contribution is 2.33. The number of anilines is 1. The number of hydrogen-bond acceptors (Lipinski definition) is 2. The zero-order valence-electron chi connectivity index (χ0n) is 10.2. The molecule has 0 radical (unpaired) electrons. The normalized spacial score (nSPS) is 15.6. The van der Waals surface area contributed by atoms with Crippen molar-refractivity contribution in [2.75, 3.05) is 5.32 Å². The van der Waals surface area contributed by atoms with E-state index in [4.69, 9.17) is 16.7 Å². The van der Waals surface area contributed by atoms with Crippen LogP contribution in [0.25, 0.3) is 0 Å². The van der Waals surface area contributed by atoms with Gasteiger partial charge in [-0.15, -0.1) is 0 Å². The molecule has 0 spiro atoms. The van der Waals surface area contributed by atoms with Gasteiger partial charge in [0, 0.05) is 10.7 Å². The highest BCUT2D eigenvalue weighted by molar-refractivity contribution is 6.30. The minimum atomic E-state index is -1.00. The fourth-order valence-corrected chi connectivity index (χ4v) is 1.89. The first-order valence-corrected chi connectivity index (χ1v) is 6.48. The van der Waals surface area contributed by atoms with Crippen molar-refractivity contribution in [2.24, 2.45) is 5.92 Å². The fraction of sp³-hybridized carbons (Fsp3) is 0.385. The Morgan fingerprint density at radius 2 is 1.95 bits per heavy atom. The van der Waals surface area contributed by atoms with Gasteiger partial charge in [-0.05, 0) is 36.6 Å². The Balaban J connectivity index is 1.87. The average molecular weight is 283 g/mol. The van der Waals surface area contributed by atoms with Crippen LogP contribution in [0.3, 0.4) is 0 Å². The largest absolute Gasteiger partial charge is 0.480 e. The Labute approximate surface area is 116 Å². The predicted molar refractivity (Wildman–Crippen MR) is 72.4 cm³/mol. The Bertz CT molecular complexity index is 471. The highest BCUT2D eigenvalue weighted by Gasteiger charge is 2.30. The number of carboxylic acid groups (broad SMARTS) is 1. The molecule has 5 nitrogen and oxygen atoms in total. The molecule has 1 aromatic carbocycles. The Morgan fingerprint density at radius 3 is 2.47 bits per heavy atom. The van der Waals surface area contributed by atoms with Crippen LogP contribution in [0.15, 0.2) is 24.3 Å². The van der Waals surface area contributed by atoms with E-state index in [-0.39, 0.29) is 0 Å². The maximum atomic E-state index is 11.7. The van der Waals surface area contributed by atoms with Crippen molar-refractivity contribution < 1.29 is 14.7 Å². The first-order chi connectivity index (χ1) is 9.04. The number of hydrogen-bond donors (Lipinski definition) is 3. The molecule has 3 N–H and O–H groups in total. The summed E-state index contributed by atoms with van der Waals surface area (Å²) in [5, 5.41) is 14.7. The van der Waals surface area contributed by atoms with Gasteiger partial charge in [0.1, 0.15) is 6.04 Å². The molecule has 0 aromatic heterocycles. The number of carbonyl (C=O) groups excluding carboxylic acids is 1. The van der Waals surface area contributed by atoms with Gasteiger partial charge < -0.3 is 15.7 Å². The number of carbonyl (C=O) groups is 2. The summed E-state index contributed by atoms with van der Waals surface area (Å²) in [6, 6.07) is 5.25. The molecule has 1 saturated carbocycles. The third-order valence-electron chi connectivity index (χ3n) is 2.97. The van der Waals surface area contributed by atoms with Gasteiger partial charge in [0.2, 0.25) is 0 Å². The van der Waals surface area contributed by atoms with Gasteiger partial charge in [-0.1, -0.05) is 24.4 Å². The zero-order chi connectivity index (χ0) is 13.8. The summed E-state index contributed by atoms with van der Waals surface area (Å²) in [6.07, 6.45) is 2.58. The molecule has 102 valence electrons. The van der Waals surface area contributed by atoms with E-state index in [1.165, 1.54) is 0 Å². The van der Waals surface area contributed by atoms with Crippen molar-refractivity contribution in [3.05, 3.63) is 29.3 Å². The van der Waals surface area contributed by atoms with Crippen LogP contribution < -0.4 is 10.6 Å². The van der Waals surface area contributed by atoms with Gasteiger partial charge in [0.15, 0.2) is 0 Å². The number of rotatable bonds is 5. The summed E-state index contributed by atoms with van der Waals surface area (Å²) >= 11 is 5.73. The lowest BCUT2D eigenvalue weighted by molar-refractivity contribution is -0.139. The van der Waals surface area contributed by atoms with E-state index in [1.54, 1.807) is 24.3 Å². The van der Waals surface area contributed by atoms with Gasteiger partial charge in [-0.25, -0.2) is 9.59 Å². The second-order valence-electron chi connectivity index (χ2n) is 4.68. The summed E-state index contributed by atoms with van der Waals surface area (Å²) in [5.74, 6) is -0.574. The molecular formula is C13H15ClN2O3. The first kappa shape index (κ1) is 13.7. The van der Waals surface area contributed by atoms with Gasteiger partial charge in [-0.2, -0.15) is 0 Å². The van der Waals surface area contributed by atoms with E-state index in [9.17, 15) is 9.59 Å². The first-order valence-electron chi connectivity index (χ1n) is 6.10. The zero-order valence-corrected chi connectivity index (χ0v) is 11.0. The van der Waals surface area contributed by atoms with Gasteiger partial charge in [-0.3, -0.25) is 0 Å². The summed E-state index contributed by atoms with van der Waals surface area (Å²) in [6.45, 7) is 0. The van der Waals surface area contributed by atoms with E-state index < -0.39 is 18.0 Å². The number of urea groups is 1. The van der Waals surface area contributed by atoms with Gasteiger partial charge in [0.25, 0.3) is 0 Å². The molecule has 1 fully saturated rings. The molecule has 2 rings (SSSR count). The van der Waals surface area contributed by atoms with Crippen molar-refractivity contribution in [3.8, 4) is 0 Å². The maximum Gasteiger partial charge on any atom is 0.326 e. The number of benzene rings is 1. The molecule has 0 unspecified atom stereocenters. The van der Waals surface area contributed by atoms with Crippen LogP contribution in [0.4, 0.5) is 10.5 Å². The van der Waals surface area contributed by atoms with E-state index in [0.717, 1.165) is 12.8 Å². The summed E-state index contributed by atoms with van der Waals surface area (Å²) in [5.41, 5.74) is 0.567. The fourth-order valence-electron chi connectivity index (χ4n) is 1.77. The van der Waals surface area contributed by atoms with Crippen molar-refractivity contribution in [3.63, 3.8) is 0 Å². The lowest BCUT2D eigenvalue weighted by Gasteiger charge is -2.14. The number of aliphatic carboxylic acids is 1.